The molecule has 0 unspecified atom stereocenters. The Labute approximate surface area is 70.4 Å². The molecule has 0 spiro atoms. The molecule has 1 heterocycles. The lowest BCUT2D eigenvalue weighted by Gasteiger charge is -2.02. The van der Waals surface area contributed by atoms with Gasteiger partial charge in [0, 0.05) is 12.8 Å². The zero-order valence-electron chi connectivity index (χ0n) is 5.93. The fourth-order valence-electron chi connectivity index (χ4n) is 0.616. The van der Waals surface area contributed by atoms with E-state index in [9.17, 15) is 13.2 Å². The van der Waals surface area contributed by atoms with Crippen LogP contribution in [0.15, 0.2) is 0 Å². The Morgan fingerprint density at radius 3 is 2.42 bits per heavy atom. The molecule has 0 aliphatic rings. The van der Waals surface area contributed by atoms with Gasteiger partial charge < -0.3 is 5.73 Å². The lowest BCUT2D eigenvalue weighted by atomic mass is 10.3. The van der Waals surface area contributed by atoms with Crippen LogP contribution in [-0.2, 0) is 6.42 Å². The van der Waals surface area contributed by atoms with E-state index in [-0.39, 0.29) is 11.6 Å². The number of halogens is 3. The van der Waals surface area contributed by atoms with Gasteiger partial charge in [0.1, 0.15) is 5.01 Å². The number of hydrogen-bond donors (Lipinski definition) is 1. The summed E-state index contributed by atoms with van der Waals surface area (Å²) < 4.78 is 35.0. The fourth-order valence-corrected chi connectivity index (χ4v) is 1.23. The molecule has 0 atom stereocenters. The van der Waals surface area contributed by atoms with Crippen LogP contribution in [0.3, 0.4) is 0 Å². The van der Waals surface area contributed by atoms with E-state index < -0.39 is 12.6 Å². The topological polar surface area (TPSA) is 51.8 Å². The van der Waals surface area contributed by atoms with E-state index in [1.54, 1.807) is 0 Å². The highest BCUT2D eigenvalue weighted by Gasteiger charge is 2.27. The number of aromatic nitrogens is 2. The van der Waals surface area contributed by atoms with Gasteiger partial charge in [-0.15, -0.1) is 10.2 Å². The van der Waals surface area contributed by atoms with Crippen LogP contribution in [0.1, 0.15) is 11.4 Å². The minimum absolute atomic E-state index is 0.141. The van der Waals surface area contributed by atoms with Crippen molar-refractivity contribution in [2.24, 2.45) is 0 Å². The molecule has 0 radical (unpaired) electrons. The maximum atomic E-state index is 11.7. The number of nitrogens with zero attached hydrogens (tertiary/aromatic N) is 2. The Morgan fingerprint density at radius 2 is 2.00 bits per heavy atom. The number of rotatable bonds is 2. The number of nitrogens with two attached hydrogens (primary N) is 1. The van der Waals surface area contributed by atoms with Crippen LogP contribution in [0.2, 0.25) is 0 Å². The summed E-state index contributed by atoms with van der Waals surface area (Å²) in [5.74, 6) is 0. The molecule has 1 aromatic heterocycles. The van der Waals surface area contributed by atoms with Gasteiger partial charge in [-0.3, -0.25) is 0 Å². The minimum atomic E-state index is -4.14. The molecule has 12 heavy (non-hydrogen) atoms. The standard InChI is InChI=1S/C5H6F3N3S/c6-5(7,8)2-1-3-10-11-4(9)12-3/h1-2H2,(H2,9,11). The predicted molar refractivity (Wildman–Crippen MR) is 38.7 cm³/mol. The van der Waals surface area contributed by atoms with Gasteiger partial charge in [-0.1, -0.05) is 11.3 Å². The zero-order chi connectivity index (χ0) is 9.19. The first-order valence-corrected chi connectivity index (χ1v) is 3.93. The lowest BCUT2D eigenvalue weighted by molar-refractivity contribution is -0.134. The van der Waals surface area contributed by atoms with Gasteiger partial charge in [-0.2, -0.15) is 13.2 Å². The summed E-state index contributed by atoms with van der Waals surface area (Å²) >= 11 is 0.984. The highest BCUT2D eigenvalue weighted by Crippen LogP contribution is 2.23. The van der Waals surface area contributed by atoms with Crippen LogP contribution < -0.4 is 5.73 Å². The molecule has 68 valence electrons. The molecular weight excluding hydrogens is 191 g/mol. The molecule has 2 N–H and O–H groups in total. The zero-order valence-corrected chi connectivity index (χ0v) is 6.74. The van der Waals surface area contributed by atoms with Crippen LogP contribution in [0.25, 0.3) is 0 Å². The third kappa shape index (κ3) is 3.04. The average molecular weight is 197 g/mol. The molecular formula is C5H6F3N3S. The van der Waals surface area contributed by atoms with Crippen LogP contribution in [0.5, 0.6) is 0 Å². The normalized spacial score (nSPS) is 11.9. The Balaban J connectivity index is 2.44. The third-order valence-corrected chi connectivity index (χ3v) is 1.92. The second-order valence-electron chi connectivity index (χ2n) is 2.15. The van der Waals surface area contributed by atoms with Gasteiger partial charge in [0.15, 0.2) is 0 Å². The van der Waals surface area contributed by atoms with Gasteiger partial charge >= 0.3 is 6.18 Å². The fraction of sp³-hybridized carbons (Fsp3) is 0.600. The Bertz CT molecular complexity index is 257. The molecule has 0 amide bonds. The van der Waals surface area contributed by atoms with Crippen molar-refractivity contribution in [3.63, 3.8) is 0 Å². The van der Waals surface area contributed by atoms with Crippen molar-refractivity contribution >= 4 is 16.5 Å². The number of anilines is 1. The second-order valence-corrected chi connectivity index (χ2v) is 3.24. The average Bonchev–Trinajstić information content (AvgIpc) is 2.30. The van der Waals surface area contributed by atoms with E-state index in [2.05, 4.69) is 10.2 Å². The highest BCUT2D eigenvalue weighted by molar-refractivity contribution is 7.15. The quantitative estimate of drug-likeness (QED) is 0.783. The third-order valence-electron chi connectivity index (χ3n) is 1.10. The highest BCUT2D eigenvalue weighted by atomic mass is 32.1. The Hall–Kier alpha value is -0.850. The molecule has 3 nitrogen and oxygen atoms in total. The smallest absolute Gasteiger partial charge is 0.374 e. The molecule has 1 aromatic rings. The first-order valence-electron chi connectivity index (χ1n) is 3.12. The maximum absolute atomic E-state index is 11.7. The van der Waals surface area contributed by atoms with Crippen LogP contribution in [-0.4, -0.2) is 16.4 Å². The summed E-state index contributed by atoms with van der Waals surface area (Å²) in [7, 11) is 0. The molecule has 0 aliphatic carbocycles. The summed E-state index contributed by atoms with van der Waals surface area (Å²) in [4.78, 5) is 0. The van der Waals surface area contributed by atoms with E-state index >= 15 is 0 Å². The molecule has 0 fully saturated rings. The van der Waals surface area contributed by atoms with Gasteiger partial charge in [0.2, 0.25) is 5.13 Å². The van der Waals surface area contributed by atoms with E-state index in [4.69, 9.17) is 5.73 Å². The Morgan fingerprint density at radius 1 is 1.33 bits per heavy atom. The van der Waals surface area contributed by atoms with Crippen LogP contribution >= 0.6 is 11.3 Å². The maximum Gasteiger partial charge on any atom is 0.389 e. The largest absolute Gasteiger partial charge is 0.389 e. The van der Waals surface area contributed by atoms with Gasteiger partial charge in [-0.05, 0) is 0 Å². The SMILES string of the molecule is Nc1nnc(CCC(F)(F)F)s1. The number of hydrogen-bond acceptors (Lipinski definition) is 4. The van der Waals surface area contributed by atoms with Crippen molar-refractivity contribution < 1.29 is 13.2 Å². The van der Waals surface area contributed by atoms with Crippen LogP contribution in [0, 0.1) is 0 Å². The molecule has 7 heteroatoms. The van der Waals surface area contributed by atoms with Crippen molar-refractivity contribution in [2.75, 3.05) is 5.73 Å². The first kappa shape index (κ1) is 9.24. The van der Waals surface area contributed by atoms with Crippen molar-refractivity contribution in [3.8, 4) is 0 Å². The van der Waals surface area contributed by atoms with E-state index in [0.717, 1.165) is 11.3 Å². The minimum Gasteiger partial charge on any atom is -0.374 e. The predicted octanol–water partition coefficient (Wildman–Crippen LogP) is 1.62. The van der Waals surface area contributed by atoms with Crippen molar-refractivity contribution in [1.82, 2.24) is 10.2 Å². The molecule has 1 rings (SSSR count). The number of aryl methyl sites for hydroxylation is 1. The van der Waals surface area contributed by atoms with Gasteiger partial charge in [-0.25, -0.2) is 0 Å². The summed E-state index contributed by atoms with van der Waals surface area (Å²) in [6.07, 6.45) is -5.15. The van der Waals surface area contributed by atoms with Gasteiger partial charge in [0.25, 0.3) is 0 Å². The summed E-state index contributed by atoms with van der Waals surface area (Å²) in [6, 6.07) is 0. The molecule has 0 saturated carbocycles. The summed E-state index contributed by atoms with van der Waals surface area (Å²) in [5, 5.41) is 7.38. The molecule has 0 bridgehead atoms. The first-order chi connectivity index (χ1) is 5.47. The summed E-state index contributed by atoms with van der Waals surface area (Å²) in [5.41, 5.74) is 5.18. The molecule has 0 saturated heterocycles. The monoisotopic (exact) mass is 197 g/mol. The van der Waals surface area contributed by atoms with Crippen molar-refractivity contribution in [2.45, 2.75) is 19.0 Å². The van der Waals surface area contributed by atoms with Crippen molar-refractivity contribution in [1.29, 1.82) is 0 Å². The Kier molecular flexibility index (Phi) is 2.51. The lowest BCUT2D eigenvalue weighted by Crippen LogP contribution is -2.08. The van der Waals surface area contributed by atoms with E-state index in [1.807, 2.05) is 0 Å². The number of alkyl halides is 3. The molecule has 0 aliphatic heterocycles. The van der Waals surface area contributed by atoms with Crippen LogP contribution in [0.4, 0.5) is 18.3 Å². The van der Waals surface area contributed by atoms with E-state index in [1.165, 1.54) is 0 Å². The number of nitrogen functional groups attached to an aromatic ring is 1. The van der Waals surface area contributed by atoms with Crippen molar-refractivity contribution in [3.05, 3.63) is 5.01 Å². The van der Waals surface area contributed by atoms with E-state index in [0.29, 0.717) is 5.01 Å². The van der Waals surface area contributed by atoms with Gasteiger partial charge in [0.05, 0.1) is 0 Å². The summed E-state index contributed by atoms with van der Waals surface area (Å²) in [6.45, 7) is 0. The second kappa shape index (κ2) is 3.26. The molecule has 0 aromatic carbocycles.